The number of benzene rings is 1. The van der Waals surface area contributed by atoms with Gasteiger partial charge in [-0.15, -0.1) is 0 Å². The van der Waals surface area contributed by atoms with E-state index in [0.29, 0.717) is 18.3 Å². The average Bonchev–Trinajstić information content (AvgIpc) is 3.37. The number of imidazole rings is 1. The average molecular weight is 366 g/mol. The van der Waals surface area contributed by atoms with Crippen LogP contribution in [0.5, 0.6) is 5.75 Å². The number of hydrogen-bond acceptors (Lipinski definition) is 4. The molecule has 2 aromatic rings. The number of aromatic nitrogens is 2. The molecule has 1 fully saturated rings. The molecule has 2 atom stereocenters. The summed E-state index contributed by atoms with van der Waals surface area (Å²) < 4.78 is 7.94. The Morgan fingerprint density at radius 3 is 3.00 bits per heavy atom. The van der Waals surface area contributed by atoms with Crippen molar-refractivity contribution in [2.24, 2.45) is 5.92 Å². The van der Waals surface area contributed by atoms with Crippen molar-refractivity contribution in [2.75, 3.05) is 6.61 Å². The van der Waals surface area contributed by atoms with Gasteiger partial charge in [0.05, 0.1) is 12.6 Å². The van der Waals surface area contributed by atoms with E-state index in [1.54, 1.807) is 0 Å². The molecule has 2 aliphatic heterocycles. The predicted molar refractivity (Wildman–Crippen MR) is 102 cm³/mol. The van der Waals surface area contributed by atoms with Crippen molar-refractivity contribution in [3.63, 3.8) is 0 Å². The molecule has 0 saturated heterocycles. The highest BCUT2D eigenvalue weighted by atomic mass is 16.5. The number of ether oxygens (including phenoxy) is 1. The smallest absolute Gasteiger partial charge is 0.271 e. The van der Waals surface area contributed by atoms with Crippen LogP contribution in [0.2, 0.25) is 0 Å². The van der Waals surface area contributed by atoms with E-state index in [0.717, 1.165) is 42.6 Å². The highest BCUT2D eigenvalue weighted by molar-refractivity contribution is 5.92. The van der Waals surface area contributed by atoms with Crippen LogP contribution < -0.4 is 15.4 Å². The summed E-state index contributed by atoms with van der Waals surface area (Å²) in [6.07, 6.45) is 8.04. The second kappa shape index (κ2) is 7.00. The normalized spacial score (nSPS) is 24.7. The van der Waals surface area contributed by atoms with Gasteiger partial charge in [0, 0.05) is 18.8 Å². The standard InChI is InChI=1S/C21H26N4O2/c26-21(23-16-9-15-7-3-4-8-19(15)27-13-16)18-12-25-11-17(14-5-1-2-6-14)22-10-20(25)24-18/h3-4,7-8,12,14,16-17,22H,1-2,5-6,9-11,13H2,(H,23,26). The molecule has 2 N–H and O–H groups in total. The second-order valence-corrected chi connectivity index (χ2v) is 8.02. The lowest BCUT2D eigenvalue weighted by molar-refractivity contribution is 0.0910. The molecule has 0 bridgehead atoms. The lowest BCUT2D eigenvalue weighted by atomic mass is 9.97. The van der Waals surface area contributed by atoms with Crippen LogP contribution in [0.15, 0.2) is 30.5 Å². The zero-order valence-electron chi connectivity index (χ0n) is 15.5. The Balaban J connectivity index is 1.24. The summed E-state index contributed by atoms with van der Waals surface area (Å²) in [5.74, 6) is 2.53. The van der Waals surface area contributed by atoms with Crippen molar-refractivity contribution in [3.8, 4) is 5.75 Å². The van der Waals surface area contributed by atoms with Crippen molar-refractivity contribution in [3.05, 3.63) is 47.5 Å². The molecule has 3 aliphatic rings. The minimum atomic E-state index is -0.109. The van der Waals surface area contributed by atoms with Gasteiger partial charge in [0.1, 0.15) is 23.9 Å². The summed E-state index contributed by atoms with van der Waals surface area (Å²) in [6, 6.07) is 8.50. The molecular formula is C21H26N4O2. The predicted octanol–water partition coefficient (Wildman–Crippen LogP) is 2.28. The number of nitrogens with zero attached hydrogens (tertiary/aromatic N) is 2. The van der Waals surface area contributed by atoms with E-state index >= 15 is 0 Å². The third-order valence-electron chi connectivity index (χ3n) is 6.19. The number of nitrogens with one attached hydrogen (secondary N) is 2. The van der Waals surface area contributed by atoms with Gasteiger partial charge in [-0.05, 0) is 36.8 Å². The van der Waals surface area contributed by atoms with Crippen molar-refractivity contribution in [1.82, 2.24) is 20.2 Å². The summed E-state index contributed by atoms with van der Waals surface area (Å²) in [4.78, 5) is 17.3. The Bertz CT molecular complexity index is 840. The van der Waals surface area contributed by atoms with Crippen LogP contribution >= 0.6 is 0 Å². The number of amides is 1. The molecule has 1 aromatic carbocycles. The number of fused-ring (bicyclic) bond motifs is 2. The van der Waals surface area contributed by atoms with E-state index in [4.69, 9.17) is 4.74 Å². The first-order chi connectivity index (χ1) is 13.3. The first-order valence-electron chi connectivity index (χ1n) is 10.1. The monoisotopic (exact) mass is 366 g/mol. The molecule has 142 valence electrons. The van der Waals surface area contributed by atoms with Gasteiger partial charge in [-0.3, -0.25) is 4.79 Å². The Morgan fingerprint density at radius 2 is 2.11 bits per heavy atom. The number of rotatable bonds is 3. The van der Waals surface area contributed by atoms with E-state index in [9.17, 15) is 4.79 Å². The van der Waals surface area contributed by atoms with Gasteiger partial charge in [-0.2, -0.15) is 0 Å². The summed E-state index contributed by atoms with van der Waals surface area (Å²) in [5, 5.41) is 6.72. The van der Waals surface area contributed by atoms with Crippen LogP contribution in [0.4, 0.5) is 0 Å². The van der Waals surface area contributed by atoms with E-state index in [2.05, 4.69) is 26.3 Å². The number of carbonyl (C=O) groups is 1. The van der Waals surface area contributed by atoms with Crippen molar-refractivity contribution >= 4 is 5.91 Å². The van der Waals surface area contributed by atoms with Gasteiger partial charge in [-0.25, -0.2) is 4.98 Å². The zero-order chi connectivity index (χ0) is 18.2. The molecule has 2 unspecified atom stereocenters. The van der Waals surface area contributed by atoms with E-state index in [1.807, 2.05) is 24.4 Å². The van der Waals surface area contributed by atoms with Crippen molar-refractivity contribution in [1.29, 1.82) is 0 Å². The number of para-hydroxylation sites is 1. The second-order valence-electron chi connectivity index (χ2n) is 8.02. The van der Waals surface area contributed by atoms with Crippen molar-refractivity contribution < 1.29 is 9.53 Å². The Labute approximate surface area is 159 Å². The number of hydrogen-bond donors (Lipinski definition) is 2. The van der Waals surface area contributed by atoms with Gasteiger partial charge < -0.3 is 19.9 Å². The largest absolute Gasteiger partial charge is 0.491 e. The van der Waals surface area contributed by atoms with E-state index in [-0.39, 0.29) is 11.9 Å². The van der Waals surface area contributed by atoms with Crippen LogP contribution in [0, 0.1) is 5.92 Å². The Hall–Kier alpha value is -2.34. The first kappa shape index (κ1) is 16.8. The van der Waals surface area contributed by atoms with Crippen LogP contribution in [0.1, 0.15) is 47.6 Å². The fourth-order valence-corrected chi connectivity index (χ4v) is 4.72. The van der Waals surface area contributed by atoms with Gasteiger partial charge >= 0.3 is 0 Å². The Morgan fingerprint density at radius 1 is 1.26 bits per heavy atom. The third-order valence-corrected chi connectivity index (χ3v) is 6.19. The van der Waals surface area contributed by atoms with Gasteiger partial charge in [0.15, 0.2) is 0 Å². The molecule has 5 rings (SSSR count). The minimum absolute atomic E-state index is 0.0181. The van der Waals surface area contributed by atoms with Crippen molar-refractivity contribution in [2.45, 2.75) is 57.3 Å². The number of carbonyl (C=O) groups excluding carboxylic acids is 1. The summed E-state index contributed by atoms with van der Waals surface area (Å²) in [5.41, 5.74) is 1.65. The fraction of sp³-hybridized carbons (Fsp3) is 0.524. The van der Waals surface area contributed by atoms with Crippen LogP contribution in [0.3, 0.4) is 0 Å². The SMILES string of the molecule is O=C(NC1COc2ccccc2C1)c1cn2c(n1)CNC(C1CCCC1)C2. The highest BCUT2D eigenvalue weighted by Gasteiger charge is 2.30. The van der Waals surface area contributed by atoms with Crippen LogP contribution in [-0.4, -0.2) is 34.1 Å². The maximum Gasteiger partial charge on any atom is 0.271 e. The van der Waals surface area contributed by atoms with Gasteiger partial charge in [0.2, 0.25) is 0 Å². The molecule has 1 amide bonds. The Kier molecular flexibility index (Phi) is 4.36. The van der Waals surface area contributed by atoms with Crippen LogP contribution in [0.25, 0.3) is 0 Å². The molecule has 1 aliphatic carbocycles. The first-order valence-corrected chi connectivity index (χ1v) is 10.1. The topological polar surface area (TPSA) is 68.2 Å². The summed E-state index contributed by atoms with van der Waals surface area (Å²) in [7, 11) is 0. The molecule has 1 saturated carbocycles. The lowest BCUT2D eigenvalue weighted by Crippen LogP contribution is -2.43. The minimum Gasteiger partial charge on any atom is -0.491 e. The molecule has 27 heavy (non-hydrogen) atoms. The molecule has 6 heteroatoms. The molecule has 0 spiro atoms. The highest BCUT2D eigenvalue weighted by Crippen LogP contribution is 2.30. The molecule has 1 aromatic heterocycles. The van der Waals surface area contributed by atoms with E-state index < -0.39 is 0 Å². The maximum atomic E-state index is 12.7. The van der Waals surface area contributed by atoms with Gasteiger partial charge in [-0.1, -0.05) is 31.0 Å². The fourth-order valence-electron chi connectivity index (χ4n) is 4.72. The van der Waals surface area contributed by atoms with Gasteiger partial charge in [0.25, 0.3) is 5.91 Å². The summed E-state index contributed by atoms with van der Waals surface area (Å²) in [6.45, 7) is 2.16. The molecule has 0 radical (unpaired) electrons. The lowest BCUT2D eigenvalue weighted by Gasteiger charge is -2.29. The maximum absolute atomic E-state index is 12.7. The van der Waals surface area contributed by atoms with Crippen LogP contribution in [-0.2, 0) is 19.5 Å². The molecule has 6 nitrogen and oxygen atoms in total. The molecular weight excluding hydrogens is 340 g/mol. The summed E-state index contributed by atoms with van der Waals surface area (Å²) >= 11 is 0. The zero-order valence-corrected chi connectivity index (χ0v) is 15.5. The van der Waals surface area contributed by atoms with E-state index in [1.165, 1.54) is 25.7 Å². The third kappa shape index (κ3) is 3.34. The molecule has 3 heterocycles. The quantitative estimate of drug-likeness (QED) is 0.875.